The molecule has 1 saturated carbocycles. The molecular weight excluding hydrogens is 788 g/mol. The molecule has 1 N–H and O–H groups in total. The highest BCUT2D eigenvalue weighted by Crippen LogP contribution is 2.58. The van der Waals surface area contributed by atoms with Crippen LogP contribution in [0.15, 0.2) is 77.8 Å². The molecule has 0 amide bonds. The van der Waals surface area contributed by atoms with E-state index in [1.165, 1.54) is 23.8 Å². The van der Waals surface area contributed by atoms with E-state index in [1.807, 2.05) is 43.5 Å². The fourth-order valence-corrected chi connectivity index (χ4v) is 11.2. The molecule has 314 valence electrons. The molecule has 1 aromatic heterocycles. The minimum Gasteiger partial charge on any atom is -0.493 e. The normalized spacial score (nSPS) is 25.3. The van der Waals surface area contributed by atoms with Crippen molar-refractivity contribution in [2.24, 2.45) is 11.8 Å². The molecule has 10 nitrogen and oxygen atoms in total. The number of aromatic nitrogens is 1. The Balaban J connectivity index is 1.06. The highest BCUT2D eigenvalue weighted by atomic mass is 35.5. The van der Waals surface area contributed by atoms with Crippen molar-refractivity contribution in [3.05, 3.63) is 106 Å². The van der Waals surface area contributed by atoms with E-state index in [0.29, 0.717) is 54.9 Å². The number of fused-ring (bicyclic) bond motifs is 4. The van der Waals surface area contributed by atoms with Crippen LogP contribution in [-0.4, -0.2) is 57.9 Å². The number of hydrogen-bond donors (Lipinski definition) is 1. The average Bonchev–Trinajstić information content (AvgIpc) is 3.34. The summed E-state index contributed by atoms with van der Waals surface area (Å²) in [4.78, 5) is 18.5. The summed E-state index contributed by atoms with van der Waals surface area (Å²) in [5.41, 5.74) is 5.36. The molecule has 0 saturated heterocycles. The summed E-state index contributed by atoms with van der Waals surface area (Å²) >= 11 is 6.38. The van der Waals surface area contributed by atoms with Gasteiger partial charge in [0.1, 0.15) is 24.0 Å². The lowest BCUT2D eigenvalue weighted by atomic mass is 9.59. The average molecular weight is 843 g/mol. The molecule has 1 spiro atoms. The van der Waals surface area contributed by atoms with E-state index in [1.54, 1.807) is 24.3 Å². The van der Waals surface area contributed by atoms with Crippen LogP contribution in [0.3, 0.4) is 0 Å². The molecule has 2 heterocycles. The molecule has 4 atom stereocenters. The molecule has 4 aromatic rings. The van der Waals surface area contributed by atoms with Crippen LogP contribution in [0.2, 0.25) is 5.02 Å². The molecule has 1 fully saturated rings. The quantitative estimate of drug-likeness (QED) is 0.109. The Morgan fingerprint density at radius 2 is 1.83 bits per heavy atom. The number of benzene rings is 3. The van der Waals surface area contributed by atoms with Crippen LogP contribution in [0.5, 0.6) is 17.2 Å². The number of hydrogen-bond acceptors (Lipinski definition) is 10. The van der Waals surface area contributed by atoms with E-state index in [9.17, 15) is 13.2 Å². The summed E-state index contributed by atoms with van der Waals surface area (Å²) in [5, 5.41) is 4.14. The molecule has 8 rings (SSSR count). The Morgan fingerprint density at radius 3 is 2.59 bits per heavy atom. The van der Waals surface area contributed by atoms with Crippen LogP contribution >= 0.6 is 11.6 Å². The van der Waals surface area contributed by atoms with Gasteiger partial charge in [0.2, 0.25) is 0 Å². The summed E-state index contributed by atoms with van der Waals surface area (Å²) < 4.78 is 56.7. The number of esters is 1. The van der Waals surface area contributed by atoms with Gasteiger partial charge in [0, 0.05) is 34.6 Å². The maximum absolute atomic E-state index is 13.7. The van der Waals surface area contributed by atoms with Crippen LogP contribution in [0, 0.1) is 18.8 Å². The van der Waals surface area contributed by atoms with Gasteiger partial charge in [0.05, 0.1) is 25.2 Å². The topological polar surface area (TPSA) is 122 Å². The summed E-state index contributed by atoms with van der Waals surface area (Å²) in [7, 11) is -2.53. The van der Waals surface area contributed by atoms with E-state index < -0.39 is 21.8 Å². The summed E-state index contributed by atoms with van der Waals surface area (Å²) in [5.74, 6) is 2.82. The van der Waals surface area contributed by atoms with Gasteiger partial charge in [-0.15, -0.1) is 0 Å². The Labute approximate surface area is 353 Å². The number of methoxy groups -OCH3 is 1. The number of rotatable bonds is 12. The molecule has 59 heavy (non-hydrogen) atoms. The first kappa shape index (κ1) is 41.4. The Morgan fingerprint density at radius 1 is 1.03 bits per heavy atom. The second kappa shape index (κ2) is 17.0. The molecular formula is C47H55ClN2O8S. The van der Waals surface area contributed by atoms with Gasteiger partial charge in [-0.25, -0.2) is 4.79 Å². The number of anilines is 1. The van der Waals surface area contributed by atoms with Crippen molar-refractivity contribution < 1.29 is 36.3 Å². The summed E-state index contributed by atoms with van der Waals surface area (Å²) in [6.45, 7) is 7.25. The summed E-state index contributed by atoms with van der Waals surface area (Å²) in [6, 6.07) is 20.3. The predicted molar refractivity (Wildman–Crippen MR) is 227 cm³/mol. The first-order chi connectivity index (χ1) is 28.4. The number of aryl methyl sites for hydroxylation is 2. The Bertz CT molecular complexity index is 2270. The molecule has 0 unspecified atom stereocenters. The van der Waals surface area contributed by atoms with Gasteiger partial charge >= 0.3 is 5.97 Å². The number of ether oxygens (including phenoxy) is 4. The fraction of sp³-hybridized carbons (Fsp3) is 0.489. The minimum absolute atomic E-state index is 0.110. The van der Waals surface area contributed by atoms with Gasteiger partial charge in [-0.2, -0.15) is 8.42 Å². The largest absolute Gasteiger partial charge is 0.493 e. The van der Waals surface area contributed by atoms with Crippen LogP contribution in [-0.2, 0) is 42.1 Å². The predicted octanol–water partition coefficient (Wildman–Crippen LogP) is 9.53. The van der Waals surface area contributed by atoms with Crippen molar-refractivity contribution >= 4 is 33.4 Å². The molecule has 3 aromatic carbocycles. The van der Waals surface area contributed by atoms with Crippen LogP contribution < -0.4 is 19.5 Å². The molecule has 0 radical (unpaired) electrons. The van der Waals surface area contributed by atoms with E-state index in [-0.39, 0.29) is 34.7 Å². The third-order valence-corrected chi connectivity index (χ3v) is 14.8. The van der Waals surface area contributed by atoms with Crippen molar-refractivity contribution in [1.29, 1.82) is 0 Å². The molecule has 0 bridgehead atoms. The second-order valence-corrected chi connectivity index (χ2v) is 19.3. The van der Waals surface area contributed by atoms with Crippen LogP contribution in [0.1, 0.15) is 99.1 Å². The first-order valence-corrected chi connectivity index (χ1v) is 22.8. The van der Waals surface area contributed by atoms with Crippen molar-refractivity contribution in [3.63, 3.8) is 0 Å². The van der Waals surface area contributed by atoms with Crippen molar-refractivity contribution in [2.75, 3.05) is 32.2 Å². The Kier molecular flexibility index (Phi) is 11.9. The zero-order chi connectivity index (χ0) is 41.4. The lowest BCUT2D eigenvalue weighted by molar-refractivity contribution is -0.148. The lowest BCUT2D eigenvalue weighted by Crippen LogP contribution is -2.53. The van der Waals surface area contributed by atoms with E-state index in [4.69, 9.17) is 34.7 Å². The lowest BCUT2D eigenvalue weighted by Gasteiger charge is -2.47. The minimum atomic E-state index is -3.98. The maximum Gasteiger partial charge on any atom is 0.331 e. The number of pyridine rings is 1. The third kappa shape index (κ3) is 8.53. The van der Waals surface area contributed by atoms with E-state index >= 15 is 0 Å². The van der Waals surface area contributed by atoms with Gasteiger partial charge < -0.3 is 24.3 Å². The van der Waals surface area contributed by atoms with E-state index in [2.05, 4.69) is 36.3 Å². The molecule has 3 aliphatic carbocycles. The molecule has 12 heteroatoms. The smallest absolute Gasteiger partial charge is 0.331 e. The number of carbonyl (C=O) groups is 1. The standard InChI is InChI=1S/C47H55ClN2O8S/c1-30-11-13-38(14-12-30)59(52,53)57-29-37-16-22-55-42-25-33-24-34(23-31(2)28-56-41-15-21-49-40-10-5-7-32(3)44(40)41)46(39(33)27-43(42)58-37)17-19-47(20-18-46,45(51)54-4)50-36-9-6-8-35(48)26-36/h6,8-9,11-15,21,25-27,31-32,34,37,50H,5,7,10,16-20,22-24,28-29H2,1-4H3/t31-,32-,34+,37-,46?,47?/m1/s1. The Hall–Kier alpha value is -4.32. The SMILES string of the molecule is COC(=O)C1(Nc2cccc(Cl)c2)CCC2(CC1)c1cc3c(cc1C[C@@H]2C[C@@H](C)COc1ccnc2c1[C@H](C)CCC2)OCC[C@H](COS(=O)(=O)c1ccc(C)cc1)O3. The van der Waals surface area contributed by atoms with Gasteiger partial charge in [0.15, 0.2) is 11.5 Å². The maximum atomic E-state index is 13.7. The van der Waals surface area contributed by atoms with Crippen LogP contribution in [0.4, 0.5) is 5.69 Å². The van der Waals surface area contributed by atoms with E-state index in [0.717, 1.165) is 67.6 Å². The molecule has 4 aliphatic rings. The zero-order valence-electron chi connectivity index (χ0n) is 34.4. The molecule has 1 aliphatic heterocycles. The van der Waals surface area contributed by atoms with Crippen LogP contribution in [0.25, 0.3) is 0 Å². The highest BCUT2D eigenvalue weighted by Gasteiger charge is 2.55. The van der Waals surface area contributed by atoms with Crippen molar-refractivity contribution in [1.82, 2.24) is 4.98 Å². The van der Waals surface area contributed by atoms with Crippen molar-refractivity contribution in [2.45, 2.75) is 113 Å². The monoisotopic (exact) mass is 842 g/mol. The van der Waals surface area contributed by atoms with Gasteiger partial charge in [-0.3, -0.25) is 9.17 Å². The second-order valence-electron chi connectivity index (χ2n) is 17.3. The summed E-state index contributed by atoms with van der Waals surface area (Å²) in [6.07, 6.45) is 9.43. The van der Waals surface area contributed by atoms with Gasteiger partial charge in [-0.05, 0) is 148 Å². The third-order valence-electron chi connectivity index (χ3n) is 13.2. The number of nitrogens with zero attached hydrogens (tertiary/aromatic N) is 1. The van der Waals surface area contributed by atoms with Gasteiger partial charge in [-0.1, -0.05) is 49.2 Å². The highest BCUT2D eigenvalue weighted by molar-refractivity contribution is 7.86. The fourth-order valence-electron chi connectivity index (χ4n) is 10.1. The zero-order valence-corrected chi connectivity index (χ0v) is 36.0. The van der Waals surface area contributed by atoms with Gasteiger partial charge in [0.25, 0.3) is 10.1 Å². The number of halogens is 1. The number of carbonyl (C=O) groups excluding carboxylic acids is 1. The van der Waals surface area contributed by atoms with Crippen molar-refractivity contribution in [3.8, 4) is 17.2 Å². The first-order valence-electron chi connectivity index (χ1n) is 21.0. The number of nitrogens with one attached hydrogen (secondary N) is 1.